The van der Waals surface area contributed by atoms with E-state index >= 15 is 0 Å². The number of anilines is 2. The quantitative estimate of drug-likeness (QED) is 0.306. The Balaban J connectivity index is 1.08. The molecule has 11 nitrogen and oxygen atoms in total. The first-order chi connectivity index (χ1) is 21.5. The molecule has 6 rings (SSSR count). The van der Waals surface area contributed by atoms with Crippen LogP contribution < -0.4 is 16.1 Å². The second-order valence-corrected chi connectivity index (χ2v) is 14.6. The van der Waals surface area contributed by atoms with Crippen molar-refractivity contribution in [3.63, 3.8) is 0 Å². The van der Waals surface area contributed by atoms with Crippen molar-refractivity contribution in [2.24, 2.45) is 5.92 Å². The smallest absolute Gasteiger partial charge is 0.308 e. The number of urea groups is 1. The molecule has 4 heterocycles. The summed E-state index contributed by atoms with van der Waals surface area (Å²) in [6.45, 7) is 9.19. The molecule has 2 amide bonds. The monoisotopic (exact) mass is 629 g/mol. The Morgan fingerprint density at radius 1 is 1.07 bits per heavy atom. The molecule has 1 aromatic heterocycles. The minimum Gasteiger partial charge on any atom is -0.308 e. The molecule has 1 fully saturated rings. The zero-order chi connectivity index (χ0) is 31.8. The Morgan fingerprint density at radius 2 is 1.82 bits per heavy atom. The van der Waals surface area contributed by atoms with E-state index in [1.807, 2.05) is 61.5 Å². The molecule has 1 saturated heterocycles. The van der Waals surface area contributed by atoms with Crippen molar-refractivity contribution < 1.29 is 18.2 Å². The fraction of sp³-hybridized carbons (Fsp3) is 0.333. The Morgan fingerprint density at radius 3 is 2.56 bits per heavy atom. The summed E-state index contributed by atoms with van der Waals surface area (Å²) in [7, 11) is -3.66. The minimum absolute atomic E-state index is 0.191. The molecule has 0 unspecified atom stereocenters. The molecule has 0 aliphatic carbocycles. The van der Waals surface area contributed by atoms with Crippen LogP contribution in [0.2, 0.25) is 0 Å². The maximum atomic E-state index is 13.4. The highest BCUT2D eigenvalue weighted by atomic mass is 32.2. The number of amides is 2. The number of aromatic nitrogens is 2. The van der Waals surface area contributed by atoms with Crippen molar-refractivity contribution in [3.05, 3.63) is 107 Å². The summed E-state index contributed by atoms with van der Waals surface area (Å²) in [4.78, 5) is 18.6. The SMILES string of the molecule is Cc1ccc(-n2nc(C(C)(C)C)cc2NC(=O)Nc2cccc(CC3CCN(S(=O)(=O)C4=CC=CN5ONC=C45)CC3)c2)cc1. The van der Waals surface area contributed by atoms with Crippen LogP contribution >= 0.6 is 0 Å². The van der Waals surface area contributed by atoms with Crippen LogP contribution in [-0.4, -0.2) is 46.7 Å². The molecular weight excluding hydrogens is 590 g/mol. The number of sulfonamides is 1. The first-order valence-electron chi connectivity index (χ1n) is 15.1. The van der Waals surface area contributed by atoms with Crippen LogP contribution in [0.15, 0.2) is 89.8 Å². The van der Waals surface area contributed by atoms with Gasteiger partial charge in [-0.1, -0.05) is 50.6 Å². The summed E-state index contributed by atoms with van der Waals surface area (Å²) < 4.78 is 30.1. The molecule has 3 N–H and O–H groups in total. The van der Waals surface area contributed by atoms with Crippen LogP contribution in [-0.2, 0) is 26.8 Å². The van der Waals surface area contributed by atoms with Gasteiger partial charge in [0.15, 0.2) is 0 Å². The van der Waals surface area contributed by atoms with Crippen LogP contribution in [0.3, 0.4) is 0 Å². The van der Waals surface area contributed by atoms with Gasteiger partial charge in [0.25, 0.3) is 0 Å². The van der Waals surface area contributed by atoms with Crippen molar-refractivity contribution in [1.82, 2.24) is 24.6 Å². The lowest BCUT2D eigenvalue weighted by Crippen LogP contribution is -2.40. The zero-order valence-corrected chi connectivity index (χ0v) is 26.8. The number of hydroxylamine groups is 3. The standard InChI is InChI=1S/C33H39N7O4S/c1-23-10-12-27(13-11-23)40-31(21-30(37-40)33(2,3)4)36-32(41)35-26-8-5-7-25(20-26)19-24-14-17-38(18-15-24)45(42,43)29-9-6-16-39-28(29)22-34-44-39/h5-13,16,20-22,24,34H,14-15,17-19H2,1-4H3,(H2,35,36,41). The van der Waals surface area contributed by atoms with E-state index in [0.717, 1.165) is 41.8 Å². The summed E-state index contributed by atoms with van der Waals surface area (Å²) in [5.74, 6) is 0.910. The number of fused-ring (bicyclic) bond motifs is 1. The predicted molar refractivity (Wildman–Crippen MR) is 174 cm³/mol. The number of nitrogens with zero attached hydrogens (tertiary/aromatic N) is 4. The number of hydrogen-bond donors (Lipinski definition) is 3. The molecule has 0 bridgehead atoms. The predicted octanol–water partition coefficient (Wildman–Crippen LogP) is 5.71. The molecule has 0 saturated carbocycles. The average Bonchev–Trinajstić information content (AvgIpc) is 3.65. The van der Waals surface area contributed by atoms with Crippen LogP contribution in [0.5, 0.6) is 0 Å². The topological polar surface area (TPSA) is 121 Å². The summed E-state index contributed by atoms with van der Waals surface area (Å²) in [5, 5.41) is 12.2. The van der Waals surface area contributed by atoms with Gasteiger partial charge in [-0.15, -0.1) is 0 Å². The van der Waals surface area contributed by atoms with Crippen molar-refractivity contribution >= 4 is 27.6 Å². The normalized spacial score (nSPS) is 17.4. The van der Waals surface area contributed by atoms with Gasteiger partial charge in [-0.2, -0.15) is 14.3 Å². The third-order valence-corrected chi connectivity index (χ3v) is 10.2. The second-order valence-electron chi connectivity index (χ2n) is 12.7. The highest BCUT2D eigenvalue weighted by molar-refractivity contribution is 7.93. The molecule has 3 aliphatic rings. The van der Waals surface area contributed by atoms with E-state index in [4.69, 9.17) is 10.0 Å². The van der Waals surface area contributed by atoms with E-state index in [1.165, 1.54) is 5.06 Å². The van der Waals surface area contributed by atoms with Gasteiger partial charge < -0.3 is 5.32 Å². The van der Waals surface area contributed by atoms with Crippen molar-refractivity contribution in [3.8, 4) is 5.69 Å². The van der Waals surface area contributed by atoms with Crippen molar-refractivity contribution in [2.75, 3.05) is 23.7 Å². The van der Waals surface area contributed by atoms with Gasteiger partial charge in [0.1, 0.15) is 16.4 Å². The summed E-state index contributed by atoms with van der Waals surface area (Å²) in [6.07, 6.45) is 8.76. The Kier molecular flexibility index (Phi) is 8.29. The highest BCUT2D eigenvalue weighted by Gasteiger charge is 2.36. The molecule has 3 aromatic rings. The van der Waals surface area contributed by atoms with Crippen molar-refractivity contribution in [1.29, 1.82) is 0 Å². The van der Waals surface area contributed by atoms with Gasteiger partial charge in [-0.3, -0.25) is 5.32 Å². The third kappa shape index (κ3) is 6.68. The number of benzene rings is 2. The fourth-order valence-electron chi connectivity index (χ4n) is 5.65. The molecule has 0 radical (unpaired) electrons. The molecule has 0 atom stereocenters. The molecule has 236 valence electrons. The third-order valence-electron chi connectivity index (χ3n) is 8.20. The maximum Gasteiger partial charge on any atom is 0.324 e. The Hall–Kier alpha value is -4.39. The van der Waals surface area contributed by atoms with E-state index in [0.29, 0.717) is 36.2 Å². The summed E-state index contributed by atoms with van der Waals surface area (Å²) in [6, 6.07) is 17.4. The van der Waals surface area contributed by atoms with Gasteiger partial charge in [0, 0.05) is 36.5 Å². The van der Waals surface area contributed by atoms with E-state index < -0.39 is 10.0 Å². The Bertz CT molecular complexity index is 1780. The molecule has 12 heteroatoms. The second kappa shape index (κ2) is 12.2. The number of rotatable bonds is 7. The minimum atomic E-state index is -3.66. The van der Waals surface area contributed by atoms with Gasteiger partial charge in [-0.05, 0) is 74.1 Å². The maximum absolute atomic E-state index is 13.4. The first kappa shape index (κ1) is 30.6. The lowest BCUT2D eigenvalue weighted by Gasteiger charge is -2.33. The van der Waals surface area contributed by atoms with Crippen LogP contribution in [0.4, 0.5) is 16.3 Å². The number of aryl methyl sites for hydroxylation is 1. The van der Waals surface area contributed by atoms with Gasteiger partial charge in [-0.25, -0.2) is 28.4 Å². The largest absolute Gasteiger partial charge is 0.324 e. The van der Waals surface area contributed by atoms with Gasteiger partial charge in [0.05, 0.1) is 17.6 Å². The number of allylic oxidation sites excluding steroid dienone is 2. The summed E-state index contributed by atoms with van der Waals surface area (Å²) >= 11 is 0. The lowest BCUT2D eigenvalue weighted by atomic mass is 9.91. The van der Waals surface area contributed by atoms with Crippen LogP contribution in [0, 0.1) is 12.8 Å². The number of hydrogen-bond acceptors (Lipinski definition) is 7. The highest BCUT2D eigenvalue weighted by Crippen LogP contribution is 2.33. The van der Waals surface area contributed by atoms with E-state index in [9.17, 15) is 13.2 Å². The number of carbonyl (C=O) groups is 1. The Labute approximate surface area is 264 Å². The summed E-state index contributed by atoms with van der Waals surface area (Å²) in [5.41, 5.74) is 7.54. The fourth-order valence-corrected chi connectivity index (χ4v) is 7.29. The van der Waals surface area contributed by atoms with E-state index in [1.54, 1.807) is 33.5 Å². The van der Waals surface area contributed by atoms with Crippen LogP contribution in [0.25, 0.3) is 5.69 Å². The van der Waals surface area contributed by atoms with Gasteiger partial charge in [0.2, 0.25) is 10.0 Å². The molecular formula is C33H39N7O4S. The first-order valence-corrected chi connectivity index (χ1v) is 16.6. The molecule has 3 aliphatic heterocycles. The molecule has 2 aromatic carbocycles. The number of nitrogens with one attached hydrogen (secondary N) is 3. The van der Waals surface area contributed by atoms with E-state index in [-0.39, 0.29) is 16.4 Å². The number of piperidine rings is 1. The average molecular weight is 630 g/mol. The number of carbonyl (C=O) groups excluding carboxylic acids is 1. The van der Waals surface area contributed by atoms with E-state index in [2.05, 4.69) is 36.9 Å². The van der Waals surface area contributed by atoms with Crippen molar-refractivity contribution in [2.45, 2.75) is 52.4 Å². The zero-order valence-electron chi connectivity index (χ0n) is 25.9. The van der Waals surface area contributed by atoms with Gasteiger partial charge >= 0.3 is 6.03 Å². The molecule has 45 heavy (non-hydrogen) atoms. The lowest BCUT2D eigenvalue weighted by molar-refractivity contribution is -0.112. The molecule has 0 spiro atoms. The van der Waals surface area contributed by atoms with Crippen LogP contribution in [0.1, 0.15) is 50.4 Å².